The third kappa shape index (κ3) is 7.67. The van der Waals surface area contributed by atoms with Gasteiger partial charge in [-0.15, -0.1) is 10.2 Å². The van der Waals surface area contributed by atoms with Crippen LogP contribution >= 0.6 is 0 Å². The molecule has 5 rings (SSSR count). The van der Waals surface area contributed by atoms with Crippen molar-refractivity contribution in [1.82, 2.24) is 41.5 Å². The van der Waals surface area contributed by atoms with Gasteiger partial charge in [-0.05, 0) is 112 Å². The fourth-order valence-corrected chi connectivity index (χ4v) is 8.02. The van der Waals surface area contributed by atoms with Crippen LogP contribution in [0, 0.1) is 23.2 Å². The van der Waals surface area contributed by atoms with Gasteiger partial charge in [-0.1, -0.05) is 62.1 Å². The fourth-order valence-electron chi connectivity index (χ4n) is 8.02. The predicted molar refractivity (Wildman–Crippen MR) is 195 cm³/mol. The average Bonchev–Trinajstić information content (AvgIpc) is 3.44. The van der Waals surface area contributed by atoms with E-state index in [-0.39, 0.29) is 42.5 Å². The summed E-state index contributed by atoms with van der Waals surface area (Å²) in [5, 5.41) is 35.6. The highest BCUT2D eigenvalue weighted by Crippen LogP contribution is 2.53. The average molecular weight is 680 g/mol. The standard InChI is InChI=1S/C39H53N9O2/c1-8-28-14-15-29-18-30(37(50)43-24(3)4)16-17-34(29)39(38-44-46-47-45-38,33(28)13-11-10-12-25(5)22-41-9-2)20-26(6)42-23-35(49)48-31(21-40)19-32-27(7)36(32)48/h8,11,13,16-18,24,26-27,31-32,36,41-42H,1,5,9-10,12,14-15,19-20,22-23H2,2-4,6-7H3,(H,43,50)(H,44,45,46,47)/b13-11-. The number of aryl methyl sites for hydroxylation is 1. The van der Waals surface area contributed by atoms with Gasteiger partial charge in [0, 0.05) is 30.2 Å². The van der Waals surface area contributed by atoms with Crippen LogP contribution in [0.2, 0.25) is 0 Å². The molecule has 6 atom stereocenters. The summed E-state index contributed by atoms with van der Waals surface area (Å²) in [6.07, 6.45) is 10.6. The summed E-state index contributed by atoms with van der Waals surface area (Å²) in [5.74, 6) is 1.21. The molecule has 11 heteroatoms. The smallest absolute Gasteiger partial charge is 0.251 e. The zero-order valence-corrected chi connectivity index (χ0v) is 30.3. The molecular weight excluding hydrogens is 626 g/mol. The summed E-state index contributed by atoms with van der Waals surface area (Å²) in [6.45, 7) is 20.5. The first kappa shape index (κ1) is 36.9. The maximum Gasteiger partial charge on any atom is 0.251 e. The van der Waals surface area contributed by atoms with Gasteiger partial charge >= 0.3 is 0 Å². The third-order valence-electron chi connectivity index (χ3n) is 10.6. The number of likely N-dealkylation sites (tertiary alicyclic amines) is 1. The van der Waals surface area contributed by atoms with Crippen LogP contribution in [0.15, 0.2) is 66.3 Å². The molecule has 0 spiro atoms. The number of fused-ring (bicyclic) bond motifs is 2. The lowest BCUT2D eigenvalue weighted by molar-refractivity contribution is -0.131. The van der Waals surface area contributed by atoms with E-state index in [9.17, 15) is 14.9 Å². The van der Waals surface area contributed by atoms with Crippen molar-refractivity contribution in [2.45, 2.75) is 103 Å². The van der Waals surface area contributed by atoms with Crippen molar-refractivity contribution in [2.75, 3.05) is 19.6 Å². The van der Waals surface area contributed by atoms with E-state index in [1.54, 1.807) is 0 Å². The molecule has 2 aliphatic carbocycles. The molecule has 6 unspecified atom stereocenters. The highest BCUT2D eigenvalue weighted by atomic mass is 16.2. The van der Waals surface area contributed by atoms with Gasteiger partial charge in [0.25, 0.3) is 5.91 Å². The molecule has 11 nitrogen and oxygen atoms in total. The molecule has 4 N–H and O–H groups in total. The number of hydrogen-bond donors (Lipinski definition) is 4. The summed E-state index contributed by atoms with van der Waals surface area (Å²) in [5.41, 5.74) is 4.95. The Balaban J connectivity index is 1.53. The molecule has 0 bridgehead atoms. The highest BCUT2D eigenvalue weighted by molar-refractivity contribution is 5.94. The largest absolute Gasteiger partial charge is 0.350 e. The van der Waals surface area contributed by atoms with E-state index in [0.717, 1.165) is 60.2 Å². The first-order valence-electron chi connectivity index (χ1n) is 18.1. The van der Waals surface area contributed by atoms with Crippen molar-refractivity contribution < 1.29 is 9.59 Å². The Bertz CT molecular complexity index is 1670. The van der Waals surface area contributed by atoms with Crippen LogP contribution in [-0.2, 0) is 16.6 Å². The van der Waals surface area contributed by atoms with Crippen molar-refractivity contribution in [3.63, 3.8) is 0 Å². The Kier molecular flexibility index (Phi) is 11.9. The lowest BCUT2D eigenvalue weighted by Crippen LogP contribution is -2.47. The fraction of sp³-hybridized carbons (Fsp3) is 0.538. The second-order valence-electron chi connectivity index (χ2n) is 14.4. The number of hydrogen-bond acceptors (Lipinski definition) is 8. The zero-order chi connectivity index (χ0) is 36.0. The van der Waals surface area contributed by atoms with Crippen LogP contribution in [0.3, 0.4) is 0 Å². The summed E-state index contributed by atoms with van der Waals surface area (Å²) in [6, 6.07) is 7.86. The number of aromatic amines is 1. The molecule has 1 saturated heterocycles. The van der Waals surface area contributed by atoms with Gasteiger partial charge in [0.2, 0.25) is 5.91 Å². The maximum absolute atomic E-state index is 13.6. The first-order valence-corrected chi connectivity index (χ1v) is 18.1. The van der Waals surface area contributed by atoms with E-state index < -0.39 is 5.41 Å². The molecule has 266 valence electrons. The molecule has 1 aromatic carbocycles. The van der Waals surface area contributed by atoms with Crippen LogP contribution in [0.25, 0.3) is 0 Å². The highest BCUT2D eigenvalue weighted by Gasteiger charge is 2.60. The maximum atomic E-state index is 13.6. The molecule has 50 heavy (non-hydrogen) atoms. The molecule has 3 aliphatic rings. The van der Waals surface area contributed by atoms with Crippen molar-refractivity contribution >= 4 is 11.8 Å². The number of tetrazole rings is 1. The van der Waals surface area contributed by atoms with Crippen molar-refractivity contribution in [2.24, 2.45) is 11.8 Å². The number of carbonyl (C=O) groups excluding carboxylic acids is 2. The monoisotopic (exact) mass is 679 g/mol. The number of nitriles is 1. The molecule has 2 heterocycles. The minimum absolute atomic E-state index is 0.00647. The normalized spacial score (nSPS) is 24.8. The Hall–Kier alpha value is -4.40. The Morgan fingerprint density at radius 2 is 2.04 bits per heavy atom. The topological polar surface area (TPSA) is 152 Å². The van der Waals surface area contributed by atoms with Crippen LogP contribution in [-0.4, -0.2) is 81.1 Å². The van der Waals surface area contributed by atoms with E-state index in [4.69, 9.17) is 0 Å². The number of rotatable bonds is 16. The van der Waals surface area contributed by atoms with Crippen LogP contribution < -0.4 is 16.0 Å². The number of carbonyl (C=O) groups is 2. The second kappa shape index (κ2) is 16.1. The number of H-pyrrole nitrogens is 1. The van der Waals surface area contributed by atoms with Gasteiger partial charge in [0.15, 0.2) is 5.82 Å². The van der Waals surface area contributed by atoms with Gasteiger partial charge in [-0.3, -0.25) is 9.59 Å². The molecular formula is C39H53N9O2. The second-order valence-corrected chi connectivity index (χ2v) is 14.4. The summed E-state index contributed by atoms with van der Waals surface area (Å²) >= 11 is 0. The van der Waals surface area contributed by atoms with E-state index in [2.05, 4.69) is 88.7 Å². The minimum Gasteiger partial charge on any atom is -0.350 e. The van der Waals surface area contributed by atoms with E-state index in [1.807, 2.05) is 43.0 Å². The lowest BCUT2D eigenvalue weighted by atomic mass is 9.67. The van der Waals surface area contributed by atoms with Gasteiger partial charge in [-0.2, -0.15) is 10.5 Å². The summed E-state index contributed by atoms with van der Waals surface area (Å²) in [7, 11) is 0. The van der Waals surface area contributed by atoms with Crippen LogP contribution in [0.4, 0.5) is 0 Å². The van der Waals surface area contributed by atoms with E-state index in [1.165, 1.54) is 0 Å². The number of piperidine rings is 1. The number of benzene rings is 1. The molecule has 1 saturated carbocycles. The van der Waals surface area contributed by atoms with Crippen LogP contribution in [0.5, 0.6) is 0 Å². The van der Waals surface area contributed by atoms with E-state index >= 15 is 0 Å². The number of allylic oxidation sites excluding steroid dienone is 5. The first-order chi connectivity index (χ1) is 24.0. The SMILES string of the molecule is C=CC1=C(/C=C\CCC(=C)CNCC)C(CC(C)NCC(=O)N2C(C#N)CC3C(C)C32)(c2nn[nH]n2)c2ccc(C(=O)NC(C)C)cc2CC1. The lowest BCUT2D eigenvalue weighted by Gasteiger charge is -2.37. The van der Waals surface area contributed by atoms with Gasteiger partial charge in [0.1, 0.15) is 6.04 Å². The van der Waals surface area contributed by atoms with Gasteiger partial charge < -0.3 is 20.9 Å². The Labute approximate surface area is 296 Å². The number of nitrogens with one attached hydrogen (secondary N) is 4. The molecule has 2 fully saturated rings. The van der Waals surface area contributed by atoms with Crippen molar-refractivity contribution in [3.8, 4) is 6.07 Å². The summed E-state index contributed by atoms with van der Waals surface area (Å²) in [4.78, 5) is 28.5. The molecule has 2 amide bonds. The third-order valence-corrected chi connectivity index (χ3v) is 10.6. The molecule has 1 aromatic heterocycles. The van der Waals surface area contributed by atoms with Crippen LogP contribution in [0.1, 0.15) is 94.0 Å². The Morgan fingerprint density at radius 1 is 1.24 bits per heavy atom. The van der Waals surface area contributed by atoms with Gasteiger partial charge in [0.05, 0.1) is 18.0 Å². The molecule has 0 radical (unpaired) electrons. The predicted octanol–water partition coefficient (Wildman–Crippen LogP) is 4.68. The van der Waals surface area contributed by atoms with Crippen molar-refractivity contribution in [1.29, 1.82) is 5.26 Å². The van der Waals surface area contributed by atoms with Crippen molar-refractivity contribution in [3.05, 3.63) is 88.8 Å². The van der Waals surface area contributed by atoms with E-state index in [0.29, 0.717) is 42.5 Å². The minimum atomic E-state index is -0.888. The zero-order valence-electron chi connectivity index (χ0n) is 30.3. The summed E-state index contributed by atoms with van der Waals surface area (Å²) < 4.78 is 0. The molecule has 2 aromatic rings. The van der Waals surface area contributed by atoms with Gasteiger partial charge in [-0.25, -0.2) is 0 Å². The number of aromatic nitrogens is 4. The number of likely N-dealkylation sites (N-methyl/N-ethyl adjacent to an activating group) is 1. The number of amides is 2. The molecule has 1 aliphatic heterocycles. The Morgan fingerprint density at radius 3 is 2.72 bits per heavy atom. The number of nitrogens with zero attached hydrogens (tertiary/aromatic N) is 5. The quantitative estimate of drug-likeness (QED) is 0.187.